The molecule has 2 aromatic rings. The molecule has 3 rings (SSSR count). The van der Waals surface area contributed by atoms with Crippen LogP contribution in [0.4, 0.5) is 11.6 Å². The minimum Gasteiger partial charge on any atom is -0.382 e. The van der Waals surface area contributed by atoms with Gasteiger partial charge in [-0.15, -0.1) is 0 Å². The summed E-state index contributed by atoms with van der Waals surface area (Å²) in [6.07, 6.45) is 2.93. The van der Waals surface area contributed by atoms with E-state index in [1.54, 1.807) is 6.20 Å². The van der Waals surface area contributed by atoms with Gasteiger partial charge < -0.3 is 16.0 Å². The van der Waals surface area contributed by atoms with Crippen molar-refractivity contribution in [2.24, 2.45) is 0 Å². The van der Waals surface area contributed by atoms with Gasteiger partial charge in [0.25, 0.3) is 0 Å². The maximum Gasteiger partial charge on any atom is 0.154 e. The van der Waals surface area contributed by atoms with Crippen molar-refractivity contribution >= 4 is 22.5 Å². The standard InChI is InChI=1S/C11H16N6/c1-13-7-3-5-17(6-7)11-9-8(2-4-14-11)10(12)16-15-9/h2,4,7,13H,3,5-6H2,1H3,(H3,12,15,16). The molecular weight excluding hydrogens is 216 g/mol. The summed E-state index contributed by atoms with van der Waals surface area (Å²) in [5, 5.41) is 11.2. The Bertz CT molecular complexity index is 534. The molecule has 17 heavy (non-hydrogen) atoms. The average molecular weight is 232 g/mol. The maximum absolute atomic E-state index is 5.80. The molecule has 1 aliphatic heterocycles. The van der Waals surface area contributed by atoms with Gasteiger partial charge in [0.15, 0.2) is 11.6 Å². The van der Waals surface area contributed by atoms with Crippen molar-refractivity contribution in [3.05, 3.63) is 12.3 Å². The Hall–Kier alpha value is -1.82. The third kappa shape index (κ3) is 1.61. The van der Waals surface area contributed by atoms with Crippen LogP contribution in [0.2, 0.25) is 0 Å². The topological polar surface area (TPSA) is 82.9 Å². The van der Waals surface area contributed by atoms with Gasteiger partial charge in [-0.1, -0.05) is 0 Å². The molecule has 2 aromatic heterocycles. The zero-order valence-corrected chi connectivity index (χ0v) is 9.77. The van der Waals surface area contributed by atoms with Crippen molar-refractivity contribution in [3.63, 3.8) is 0 Å². The monoisotopic (exact) mass is 232 g/mol. The lowest BCUT2D eigenvalue weighted by Crippen LogP contribution is -2.29. The minimum atomic E-state index is 0.535. The minimum absolute atomic E-state index is 0.535. The smallest absolute Gasteiger partial charge is 0.154 e. The molecule has 3 heterocycles. The normalized spacial score (nSPS) is 20.3. The fourth-order valence-corrected chi connectivity index (χ4v) is 2.38. The Morgan fingerprint density at radius 1 is 1.59 bits per heavy atom. The van der Waals surface area contributed by atoms with E-state index in [-0.39, 0.29) is 0 Å². The summed E-state index contributed by atoms with van der Waals surface area (Å²) in [7, 11) is 2.00. The molecular formula is C11H16N6. The van der Waals surface area contributed by atoms with E-state index in [9.17, 15) is 0 Å². The number of hydrogen-bond acceptors (Lipinski definition) is 5. The molecule has 1 fully saturated rings. The summed E-state index contributed by atoms with van der Waals surface area (Å²) in [5.74, 6) is 1.48. The molecule has 0 amide bonds. The second-order valence-electron chi connectivity index (χ2n) is 4.39. The van der Waals surface area contributed by atoms with E-state index < -0.39 is 0 Å². The summed E-state index contributed by atoms with van der Waals surface area (Å²) < 4.78 is 0. The average Bonchev–Trinajstić information content (AvgIpc) is 2.96. The predicted molar refractivity (Wildman–Crippen MR) is 68.0 cm³/mol. The van der Waals surface area contributed by atoms with Gasteiger partial charge in [-0.3, -0.25) is 5.10 Å². The molecule has 4 N–H and O–H groups in total. The lowest BCUT2D eigenvalue weighted by atomic mass is 10.3. The van der Waals surface area contributed by atoms with Crippen molar-refractivity contribution in [2.45, 2.75) is 12.5 Å². The molecule has 1 aliphatic rings. The Morgan fingerprint density at radius 3 is 3.24 bits per heavy atom. The van der Waals surface area contributed by atoms with Crippen LogP contribution in [0.15, 0.2) is 12.3 Å². The van der Waals surface area contributed by atoms with Crippen LogP contribution in [0, 0.1) is 0 Å². The maximum atomic E-state index is 5.80. The van der Waals surface area contributed by atoms with Gasteiger partial charge in [0.05, 0.1) is 0 Å². The van der Waals surface area contributed by atoms with E-state index in [0.717, 1.165) is 36.2 Å². The van der Waals surface area contributed by atoms with Gasteiger partial charge >= 0.3 is 0 Å². The highest BCUT2D eigenvalue weighted by atomic mass is 15.3. The second kappa shape index (κ2) is 3.89. The van der Waals surface area contributed by atoms with Gasteiger partial charge in [-0.05, 0) is 19.5 Å². The number of nitrogen functional groups attached to an aromatic ring is 1. The number of pyridine rings is 1. The summed E-state index contributed by atoms with van der Waals surface area (Å²) in [6.45, 7) is 1.98. The summed E-state index contributed by atoms with van der Waals surface area (Å²) in [5.41, 5.74) is 6.73. The number of H-pyrrole nitrogens is 1. The van der Waals surface area contributed by atoms with Crippen LogP contribution in [0.5, 0.6) is 0 Å². The summed E-state index contributed by atoms with van der Waals surface area (Å²) in [4.78, 5) is 6.71. The van der Waals surface area contributed by atoms with Crippen LogP contribution < -0.4 is 16.0 Å². The lowest BCUT2D eigenvalue weighted by molar-refractivity contribution is 0.616. The van der Waals surface area contributed by atoms with E-state index >= 15 is 0 Å². The zero-order valence-electron chi connectivity index (χ0n) is 9.77. The van der Waals surface area contributed by atoms with Gasteiger partial charge in [0.2, 0.25) is 0 Å². The highest BCUT2D eigenvalue weighted by Gasteiger charge is 2.24. The Balaban J connectivity index is 2.00. The first-order valence-electron chi connectivity index (χ1n) is 5.80. The van der Waals surface area contributed by atoms with Crippen LogP contribution in [0.3, 0.4) is 0 Å². The Labute approximate surface area is 99.2 Å². The molecule has 90 valence electrons. The van der Waals surface area contributed by atoms with E-state index in [4.69, 9.17) is 5.73 Å². The molecule has 0 radical (unpaired) electrons. The van der Waals surface area contributed by atoms with E-state index in [2.05, 4.69) is 25.4 Å². The third-order valence-corrected chi connectivity index (χ3v) is 3.39. The summed E-state index contributed by atoms with van der Waals surface area (Å²) >= 11 is 0. The van der Waals surface area contributed by atoms with Gasteiger partial charge in [-0.2, -0.15) is 5.10 Å². The number of aromatic nitrogens is 3. The number of likely N-dealkylation sites (N-methyl/N-ethyl adjacent to an activating group) is 1. The van der Waals surface area contributed by atoms with Crippen molar-refractivity contribution in [2.75, 3.05) is 30.8 Å². The van der Waals surface area contributed by atoms with Gasteiger partial charge in [0.1, 0.15) is 5.52 Å². The third-order valence-electron chi connectivity index (χ3n) is 3.39. The van der Waals surface area contributed by atoms with Gasteiger partial charge in [-0.25, -0.2) is 4.98 Å². The number of fused-ring (bicyclic) bond motifs is 1. The van der Waals surface area contributed by atoms with Crippen LogP contribution in [0.25, 0.3) is 10.9 Å². The largest absolute Gasteiger partial charge is 0.382 e. The lowest BCUT2D eigenvalue weighted by Gasteiger charge is -2.17. The molecule has 1 atom stereocenters. The number of nitrogens with one attached hydrogen (secondary N) is 2. The molecule has 0 aliphatic carbocycles. The molecule has 0 saturated carbocycles. The Morgan fingerprint density at radius 2 is 2.47 bits per heavy atom. The van der Waals surface area contributed by atoms with E-state index in [0.29, 0.717) is 11.9 Å². The quantitative estimate of drug-likeness (QED) is 0.695. The predicted octanol–water partition coefficient (Wildman–Crippen LogP) is 0.338. The molecule has 1 unspecified atom stereocenters. The fourth-order valence-electron chi connectivity index (χ4n) is 2.38. The first-order valence-corrected chi connectivity index (χ1v) is 5.80. The highest BCUT2D eigenvalue weighted by Crippen LogP contribution is 2.27. The highest BCUT2D eigenvalue weighted by molar-refractivity contribution is 5.95. The van der Waals surface area contributed by atoms with E-state index in [1.165, 1.54) is 0 Å². The van der Waals surface area contributed by atoms with Crippen LogP contribution >= 0.6 is 0 Å². The van der Waals surface area contributed by atoms with Crippen molar-refractivity contribution in [1.29, 1.82) is 0 Å². The molecule has 0 bridgehead atoms. The molecule has 0 aromatic carbocycles. The van der Waals surface area contributed by atoms with Crippen LogP contribution in [0.1, 0.15) is 6.42 Å². The van der Waals surface area contributed by atoms with Crippen LogP contribution in [-0.4, -0.2) is 41.4 Å². The van der Waals surface area contributed by atoms with Crippen molar-refractivity contribution in [1.82, 2.24) is 20.5 Å². The van der Waals surface area contributed by atoms with Crippen LogP contribution in [-0.2, 0) is 0 Å². The number of nitrogens with zero attached hydrogens (tertiary/aromatic N) is 3. The number of nitrogens with two attached hydrogens (primary N) is 1. The number of anilines is 2. The second-order valence-corrected chi connectivity index (χ2v) is 4.39. The van der Waals surface area contributed by atoms with E-state index in [1.807, 2.05) is 13.1 Å². The van der Waals surface area contributed by atoms with Gasteiger partial charge in [0, 0.05) is 30.7 Å². The summed E-state index contributed by atoms with van der Waals surface area (Å²) in [6, 6.07) is 2.43. The molecule has 1 saturated heterocycles. The fraction of sp³-hybridized carbons (Fsp3) is 0.455. The van der Waals surface area contributed by atoms with Crippen molar-refractivity contribution in [3.8, 4) is 0 Å². The number of rotatable bonds is 2. The van der Waals surface area contributed by atoms with Crippen molar-refractivity contribution < 1.29 is 0 Å². The molecule has 6 heteroatoms. The molecule has 6 nitrogen and oxygen atoms in total. The number of aromatic amines is 1. The first-order chi connectivity index (χ1) is 8.29. The Kier molecular flexibility index (Phi) is 2.36. The molecule has 0 spiro atoms. The first kappa shape index (κ1) is 10.3. The number of hydrogen-bond donors (Lipinski definition) is 3. The SMILES string of the molecule is CNC1CCN(c2nccc3c(N)n[nH]c23)C1. The zero-order chi connectivity index (χ0) is 11.8.